The first-order valence-electron chi connectivity index (χ1n) is 6.00. The molecule has 0 radical (unpaired) electrons. The molecule has 0 saturated heterocycles. The van der Waals surface area contributed by atoms with E-state index in [1.807, 2.05) is 0 Å². The van der Waals surface area contributed by atoms with Crippen molar-refractivity contribution in [3.05, 3.63) is 0 Å². The molecule has 1 unspecified atom stereocenters. The van der Waals surface area contributed by atoms with E-state index in [4.69, 9.17) is 12.2 Å². The zero-order valence-corrected chi connectivity index (χ0v) is 10.8. The van der Waals surface area contributed by atoms with E-state index in [0.29, 0.717) is 11.2 Å². The van der Waals surface area contributed by atoms with Crippen molar-refractivity contribution in [3.8, 4) is 0 Å². The average Bonchev–Trinajstić information content (AvgIpc) is 2.15. The Morgan fingerprint density at radius 3 is 2.41 bits per heavy atom. The summed E-state index contributed by atoms with van der Waals surface area (Å²) in [6.07, 6.45) is 0.664. The van der Waals surface area contributed by atoms with Crippen LogP contribution in [0.2, 0.25) is 0 Å². The Balaban J connectivity index is 2.23. The van der Waals surface area contributed by atoms with Crippen LogP contribution in [0, 0.1) is 0 Å². The van der Waals surface area contributed by atoms with Crippen molar-refractivity contribution < 1.29 is 13.2 Å². The van der Waals surface area contributed by atoms with Gasteiger partial charge in [0, 0.05) is 12.1 Å². The quantitative estimate of drug-likeness (QED) is 0.769. The van der Waals surface area contributed by atoms with E-state index < -0.39 is 18.6 Å². The molecule has 0 spiro atoms. The number of hydrogen-bond donors (Lipinski definition) is 2. The Hall–Kier alpha value is -0.520. The molecule has 17 heavy (non-hydrogen) atoms. The van der Waals surface area contributed by atoms with Crippen LogP contribution in [0.1, 0.15) is 45.4 Å². The van der Waals surface area contributed by atoms with Crippen molar-refractivity contribution in [3.63, 3.8) is 0 Å². The molecular formula is C11H19F3N2S. The second kappa shape index (κ2) is 6.42. The lowest BCUT2D eigenvalue weighted by Crippen LogP contribution is -2.46. The molecule has 1 saturated carbocycles. The van der Waals surface area contributed by atoms with Crippen LogP contribution >= 0.6 is 12.2 Å². The number of hydrogen-bond acceptors (Lipinski definition) is 1. The smallest absolute Gasteiger partial charge is 0.360 e. The third kappa shape index (κ3) is 6.71. The number of rotatable bonds is 3. The molecule has 2 N–H and O–H groups in total. The molecule has 1 fully saturated rings. The maximum absolute atomic E-state index is 12.1. The predicted octanol–water partition coefficient (Wildman–Crippen LogP) is 3.12. The molecule has 0 bridgehead atoms. The van der Waals surface area contributed by atoms with Crippen molar-refractivity contribution in [1.29, 1.82) is 0 Å². The second-order valence-corrected chi connectivity index (χ2v) is 5.08. The molecule has 0 heterocycles. The Kier molecular flexibility index (Phi) is 5.49. The van der Waals surface area contributed by atoms with Gasteiger partial charge in [0.05, 0.1) is 6.42 Å². The Labute approximate surface area is 105 Å². The molecule has 1 aliphatic rings. The molecule has 1 atom stereocenters. The normalized spacial score (nSPS) is 19.8. The molecule has 0 aliphatic heterocycles. The highest BCUT2D eigenvalue weighted by atomic mass is 32.1. The highest BCUT2D eigenvalue weighted by molar-refractivity contribution is 7.80. The summed E-state index contributed by atoms with van der Waals surface area (Å²) in [7, 11) is 0. The minimum absolute atomic E-state index is 0.321. The summed E-state index contributed by atoms with van der Waals surface area (Å²) in [5.74, 6) is 0. The van der Waals surface area contributed by atoms with Gasteiger partial charge in [0.25, 0.3) is 0 Å². The van der Waals surface area contributed by atoms with E-state index in [2.05, 4.69) is 10.6 Å². The summed E-state index contributed by atoms with van der Waals surface area (Å²) in [4.78, 5) is 0. The lowest BCUT2D eigenvalue weighted by atomic mass is 9.96. The van der Waals surface area contributed by atoms with Crippen LogP contribution in [0.3, 0.4) is 0 Å². The van der Waals surface area contributed by atoms with Gasteiger partial charge in [0.2, 0.25) is 0 Å². The van der Waals surface area contributed by atoms with Crippen molar-refractivity contribution in [2.24, 2.45) is 0 Å². The van der Waals surface area contributed by atoms with Crippen LogP contribution < -0.4 is 10.6 Å². The Morgan fingerprint density at radius 2 is 1.88 bits per heavy atom. The molecule has 0 aromatic rings. The van der Waals surface area contributed by atoms with Crippen molar-refractivity contribution in [2.45, 2.75) is 63.7 Å². The number of nitrogens with one attached hydrogen (secondary N) is 2. The first kappa shape index (κ1) is 14.5. The van der Waals surface area contributed by atoms with Gasteiger partial charge in [0.1, 0.15) is 0 Å². The Bertz CT molecular complexity index is 250. The van der Waals surface area contributed by atoms with Gasteiger partial charge in [-0.25, -0.2) is 0 Å². The second-order valence-electron chi connectivity index (χ2n) is 4.67. The fourth-order valence-corrected chi connectivity index (χ4v) is 2.46. The van der Waals surface area contributed by atoms with Crippen LogP contribution in [0.5, 0.6) is 0 Å². The molecule has 0 aromatic heterocycles. The van der Waals surface area contributed by atoms with E-state index in [1.165, 1.54) is 26.2 Å². The van der Waals surface area contributed by atoms with Gasteiger partial charge in [-0.05, 0) is 32.0 Å². The van der Waals surface area contributed by atoms with Gasteiger partial charge in [-0.15, -0.1) is 0 Å². The summed E-state index contributed by atoms with van der Waals surface area (Å²) in [6.45, 7) is 1.49. The maximum Gasteiger partial charge on any atom is 0.391 e. The van der Waals surface area contributed by atoms with Gasteiger partial charge >= 0.3 is 6.18 Å². The minimum Gasteiger partial charge on any atom is -0.360 e. The zero-order chi connectivity index (χ0) is 12.9. The van der Waals surface area contributed by atoms with Gasteiger partial charge in [-0.3, -0.25) is 0 Å². The first-order valence-corrected chi connectivity index (χ1v) is 6.41. The summed E-state index contributed by atoms with van der Waals surface area (Å²) in [6, 6.07) is -0.361. The van der Waals surface area contributed by atoms with Crippen LogP contribution in [0.25, 0.3) is 0 Å². The fourth-order valence-electron chi connectivity index (χ4n) is 2.10. The van der Waals surface area contributed by atoms with E-state index in [-0.39, 0.29) is 0 Å². The summed E-state index contributed by atoms with van der Waals surface area (Å²) in [5.41, 5.74) is 0. The zero-order valence-electron chi connectivity index (χ0n) is 9.94. The van der Waals surface area contributed by atoms with E-state index in [1.54, 1.807) is 0 Å². The molecule has 2 nitrogen and oxygen atoms in total. The molecule has 100 valence electrons. The van der Waals surface area contributed by atoms with Gasteiger partial charge in [0.15, 0.2) is 5.11 Å². The van der Waals surface area contributed by atoms with Crippen LogP contribution in [-0.2, 0) is 0 Å². The SMILES string of the molecule is CC(CC(F)(F)F)NC(=S)NC1CCCCC1. The monoisotopic (exact) mass is 268 g/mol. The standard InChI is InChI=1S/C11H19F3N2S/c1-8(7-11(12,13)14)15-10(17)16-9-5-3-2-4-6-9/h8-9H,2-7H2,1H3,(H2,15,16,17). The minimum atomic E-state index is -4.15. The molecule has 6 heteroatoms. The van der Waals surface area contributed by atoms with Crippen LogP contribution in [0.4, 0.5) is 13.2 Å². The molecule has 0 aromatic carbocycles. The van der Waals surface area contributed by atoms with Crippen molar-refractivity contribution >= 4 is 17.3 Å². The van der Waals surface area contributed by atoms with Crippen molar-refractivity contribution in [2.75, 3.05) is 0 Å². The van der Waals surface area contributed by atoms with E-state index in [0.717, 1.165) is 12.8 Å². The number of alkyl halides is 3. The van der Waals surface area contributed by atoms with Crippen LogP contribution in [0.15, 0.2) is 0 Å². The van der Waals surface area contributed by atoms with Crippen LogP contribution in [-0.4, -0.2) is 23.4 Å². The molecular weight excluding hydrogens is 249 g/mol. The fraction of sp³-hybridized carbons (Fsp3) is 0.909. The first-order chi connectivity index (χ1) is 7.87. The molecule has 0 amide bonds. The van der Waals surface area contributed by atoms with Gasteiger partial charge < -0.3 is 10.6 Å². The average molecular weight is 268 g/mol. The molecule has 1 aliphatic carbocycles. The topological polar surface area (TPSA) is 24.1 Å². The van der Waals surface area contributed by atoms with Gasteiger partial charge in [-0.1, -0.05) is 19.3 Å². The number of thiocarbonyl (C=S) groups is 1. The summed E-state index contributed by atoms with van der Waals surface area (Å²) in [5, 5.41) is 6.11. The van der Waals surface area contributed by atoms with E-state index >= 15 is 0 Å². The Morgan fingerprint density at radius 1 is 1.29 bits per heavy atom. The largest absolute Gasteiger partial charge is 0.391 e. The summed E-state index contributed by atoms with van der Waals surface area (Å²) >= 11 is 5.01. The lowest BCUT2D eigenvalue weighted by Gasteiger charge is -2.26. The summed E-state index contributed by atoms with van der Waals surface area (Å²) < 4.78 is 36.3. The van der Waals surface area contributed by atoms with Crippen molar-refractivity contribution in [1.82, 2.24) is 10.6 Å². The third-order valence-electron chi connectivity index (χ3n) is 2.86. The van der Waals surface area contributed by atoms with E-state index in [9.17, 15) is 13.2 Å². The highest BCUT2D eigenvalue weighted by Gasteiger charge is 2.30. The molecule has 1 rings (SSSR count). The predicted molar refractivity (Wildman–Crippen MR) is 65.9 cm³/mol. The van der Waals surface area contributed by atoms with Gasteiger partial charge in [-0.2, -0.15) is 13.2 Å². The third-order valence-corrected chi connectivity index (χ3v) is 3.09. The lowest BCUT2D eigenvalue weighted by molar-refractivity contribution is -0.138. The maximum atomic E-state index is 12.1. The highest BCUT2D eigenvalue weighted by Crippen LogP contribution is 2.21. The number of halogens is 3.